The van der Waals surface area contributed by atoms with Gasteiger partial charge in [-0.15, -0.1) is 0 Å². The molecule has 0 aliphatic rings. The van der Waals surface area contributed by atoms with Gasteiger partial charge in [0.25, 0.3) is 0 Å². The Hall–Kier alpha value is -1.33. The second kappa shape index (κ2) is 6.62. The molecule has 0 bridgehead atoms. The van der Waals surface area contributed by atoms with Crippen molar-refractivity contribution in [2.75, 3.05) is 0 Å². The summed E-state index contributed by atoms with van der Waals surface area (Å²) in [6.07, 6.45) is -0.554. The van der Waals surface area contributed by atoms with Gasteiger partial charge in [0.2, 0.25) is 0 Å². The maximum absolute atomic E-state index is 9.85. The van der Waals surface area contributed by atoms with Crippen LogP contribution in [0.2, 0.25) is 0 Å². The highest BCUT2D eigenvalue weighted by molar-refractivity contribution is 9.10. The van der Waals surface area contributed by atoms with Crippen molar-refractivity contribution < 1.29 is 9.84 Å². The summed E-state index contributed by atoms with van der Waals surface area (Å²) in [5.74, 6) is 0.721. The molecule has 1 aromatic carbocycles. The fourth-order valence-corrected chi connectivity index (χ4v) is 2.66. The van der Waals surface area contributed by atoms with Crippen LogP contribution in [0.25, 0.3) is 0 Å². The molecule has 0 saturated heterocycles. The maximum Gasteiger partial charge on any atom is 0.131 e. The molecule has 1 atom stereocenters. The van der Waals surface area contributed by atoms with Crippen LogP contribution in [0.4, 0.5) is 0 Å². The van der Waals surface area contributed by atoms with Crippen LogP contribution in [-0.4, -0.2) is 14.9 Å². The van der Waals surface area contributed by atoms with Crippen molar-refractivity contribution in [3.05, 3.63) is 45.2 Å². The third kappa shape index (κ3) is 3.47. The second-order valence-corrected chi connectivity index (χ2v) is 5.96. The molecule has 1 aromatic heterocycles. The van der Waals surface area contributed by atoms with Crippen molar-refractivity contribution in [2.24, 2.45) is 0 Å². The van der Waals surface area contributed by atoms with Gasteiger partial charge in [-0.25, -0.2) is 0 Å². The Labute approximate surface area is 133 Å². The van der Waals surface area contributed by atoms with Crippen LogP contribution in [0.1, 0.15) is 42.5 Å². The van der Waals surface area contributed by atoms with E-state index in [-0.39, 0.29) is 0 Å². The first-order chi connectivity index (χ1) is 9.93. The molecule has 0 saturated carbocycles. The average Bonchev–Trinajstić information content (AvgIpc) is 2.71. The first-order valence-corrected chi connectivity index (χ1v) is 7.86. The molecule has 0 unspecified atom stereocenters. The molecule has 0 aliphatic carbocycles. The van der Waals surface area contributed by atoms with Gasteiger partial charge < -0.3 is 9.84 Å². The number of hydrogen-bond donors (Lipinski definition) is 1. The Morgan fingerprint density at radius 2 is 2.10 bits per heavy atom. The molecule has 5 heteroatoms. The van der Waals surface area contributed by atoms with Gasteiger partial charge in [-0.3, -0.25) is 4.68 Å². The average molecular weight is 353 g/mol. The van der Waals surface area contributed by atoms with Crippen LogP contribution >= 0.6 is 15.9 Å². The predicted molar refractivity (Wildman–Crippen MR) is 86.5 cm³/mol. The van der Waals surface area contributed by atoms with Crippen molar-refractivity contribution in [3.8, 4) is 5.75 Å². The summed E-state index contributed by atoms with van der Waals surface area (Å²) in [4.78, 5) is 0. The summed E-state index contributed by atoms with van der Waals surface area (Å²) in [7, 11) is 0. The molecule has 2 aromatic rings. The number of hydrogen-bond acceptors (Lipinski definition) is 3. The summed E-state index contributed by atoms with van der Waals surface area (Å²) in [5.41, 5.74) is 3.87. The van der Waals surface area contributed by atoms with Crippen LogP contribution in [0, 0.1) is 13.8 Å². The Morgan fingerprint density at radius 3 is 2.71 bits per heavy atom. The van der Waals surface area contributed by atoms with Crippen molar-refractivity contribution in [1.82, 2.24) is 9.78 Å². The summed E-state index contributed by atoms with van der Waals surface area (Å²) >= 11 is 3.56. The fraction of sp³-hybridized carbons (Fsp3) is 0.438. The lowest BCUT2D eigenvalue weighted by molar-refractivity contribution is 0.189. The molecule has 21 heavy (non-hydrogen) atoms. The van der Waals surface area contributed by atoms with Crippen molar-refractivity contribution in [3.63, 3.8) is 0 Å². The minimum absolute atomic E-state index is 0.415. The van der Waals surface area contributed by atoms with E-state index in [1.54, 1.807) is 6.92 Å². The highest BCUT2D eigenvalue weighted by Gasteiger charge is 2.15. The number of aliphatic hydroxyl groups excluding tert-OH is 1. The van der Waals surface area contributed by atoms with Gasteiger partial charge in [-0.1, -0.05) is 12.1 Å². The monoisotopic (exact) mass is 352 g/mol. The zero-order valence-corrected chi connectivity index (χ0v) is 14.4. The lowest BCUT2D eigenvalue weighted by Gasteiger charge is -2.15. The Balaban J connectivity index is 2.26. The second-order valence-electron chi connectivity index (χ2n) is 5.17. The summed E-state index contributed by atoms with van der Waals surface area (Å²) in [6, 6.07) is 5.84. The number of halogens is 1. The van der Waals surface area contributed by atoms with Crippen molar-refractivity contribution in [1.29, 1.82) is 0 Å². The minimum atomic E-state index is -0.554. The lowest BCUT2D eigenvalue weighted by atomic mass is 10.1. The first kappa shape index (κ1) is 16.0. The smallest absolute Gasteiger partial charge is 0.131 e. The molecular formula is C16H21BrN2O2. The fourth-order valence-electron chi connectivity index (χ4n) is 2.26. The molecule has 1 heterocycles. The van der Waals surface area contributed by atoms with Gasteiger partial charge in [-0.05, 0) is 55.3 Å². The van der Waals surface area contributed by atoms with E-state index in [1.807, 2.05) is 36.7 Å². The molecule has 0 fully saturated rings. The van der Waals surface area contributed by atoms with E-state index < -0.39 is 6.10 Å². The van der Waals surface area contributed by atoms with Crippen LogP contribution < -0.4 is 4.74 Å². The zero-order valence-electron chi connectivity index (χ0n) is 12.9. The summed E-state index contributed by atoms with van der Waals surface area (Å²) < 4.78 is 8.86. The molecule has 114 valence electrons. The van der Waals surface area contributed by atoms with E-state index in [0.717, 1.165) is 39.3 Å². The topological polar surface area (TPSA) is 47.3 Å². The SMILES string of the molecule is CCn1nc(C)c(Br)c1COc1cc(C)ccc1[C@@H](C)O. The Bertz CT molecular complexity index is 635. The minimum Gasteiger partial charge on any atom is -0.487 e. The van der Waals surface area contributed by atoms with E-state index in [0.29, 0.717) is 6.61 Å². The molecule has 0 spiro atoms. The number of nitrogens with zero attached hydrogens (tertiary/aromatic N) is 2. The molecule has 2 rings (SSSR count). The quantitative estimate of drug-likeness (QED) is 0.887. The van der Waals surface area contributed by atoms with Gasteiger partial charge in [-0.2, -0.15) is 5.10 Å². The van der Waals surface area contributed by atoms with Crippen molar-refractivity contribution >= 4 is 15.9 Å². The molecule has 0 radical (unpaired) electrons. The Morgan fingerprint density at radius 1 is 1.38 bits per heavy atom. The standard InChI is InChI=1S/C16H21BrN2O2/c1-5-19-14(16(17)11(3)18-19)9-21-15-8-10(2)6-7-13(15)12(4)20/h6-8,12,20H,5,9H2,1-4H3/t12-/m1/s1. The van der Waals surface area contributed by atoms with E-state index in [2.05, 4.69) is 28.0 Å². The molecule has 1 N–H and O–H groups in total. The summed E-state index contributed by atoms with van der Waals surface area (Å²) in [5, 5.41) is 14.3. The van der Waals surface area contributed by atoms with E-state index in [9.17, 15) is 5.11 Å². The van der Waals surface area contributed by atoms with Crippen LogP contribution in [0.3, 0.4) is 0 Å². The van der Waals surface area contributed by atoms with Crippen LogP contribution in [0.5, 0.6) is 5.75 Å². The van der Waals surface area contributed by atoms with Crippen molar-refractivity contribution in [2.45, 2.75) is 47.0 Å². The number of aryl methyl sites for hydroxylation is 3. The zero-order chi connectivity index (χ0) is 15.6. The number of rotatable bonds is 5. The first-order valence-electron chi connectivity index (χ1n) is 7.07. The number of aromatic nitrogens is 2. The van der Waals surface area contributed by atoms with Gasteiger partial charge >= 0.3 is 0 Å². The van der Waals surface area contributed by atoms with E-state index in [4.69, 9.17) is 4.74 Å². The Kier molecular flexibility index (Phi) is 5.06. The van der Waals surface area contributed by atoms with Gasteiger partial charge in [0.15, 0.2) is 0 Å². The van der Waals surface area contributed by atoms with E-state index in [1.165, 1.54) is 0 Å². The van der Waals surface area contributed by atoms with Crippen LogP contribution in [0.15, 0.2) is 22.7 Å². The number of aliphatic hydroxyl groups is 1. The molecule has 4 nitrogen and oxygen atoms in total. The van der Waals surface area contributed by atoms with Gasteiger partial charge in [0, 0.05) is 12.1 Å². The third-order valence-electron chi connectivity index (χ3n) is 3.44. The third-order valence-corrected chi connectivity index (χ3v) is 4.47. The van der Waals surface area contributed by atoms with Gasteiger partial charge in [0.05, 0.1) is 22.0 Å². The largest absolute Gasteiger partial charge is 0.487 e. The molecule has 0 amide bonds. The normalized spacial score (nSPS) is 12.5. The number of benzene rings is 1. The highest BCUT2D eigenvalue weighted by atomic mass is 79.9. The van der Waals surface area contributed by atoms with E-state index >= 15 is 0 Å². The number of ether oxygens (including phenoxy) is 1. The summed E-state index contributed by atoms with van der Waals surface area (Å²) in [6.45, 7) is 8.98. The maximum atomic E-state index is 9.85. The lowest BCUT2D eigenvalue weighted by Crippen LogP contribution is -2.08. The van der Waals surface area contributed by atoms with Gasteiger partial charge in [0.1, 0.15) is 12.4 Å². The molecular weight excluding hydrogens is 332 g/mol. The highest BCUT2D eigenvalue weighted by Crippen LogP contribution is 2.28. The van der Waals surface area contributed by atoms with Crippen LogP contribution in [-0.2, 0) is 13.2 Å². The molecule has 0 aliphatic heterocycles. The predicted octanol–water partition coefficient (Wildman–Crippen LogP) is 3.91.